The number of carbonyl (C=O) groups excluding carboxylic acids is 1. The summed E-state index contributed by atoms with van der Waals surface area (Å²) in [6.07, 6.45) is 0. The zero-order valence-electron chi connectivity index (χ0n) is 14.1. The molecule has 0 aliphatic rings. The number of benzene rings is 2. The van der Waals surface area contributed by atoms with E-state index in [2.05, 4.69) is 50.0 Å². The van der Waals surface area contributed by atoms with Gasteiger partial charge in [0.05, 0.1) is 0 Å². The number of H-pyrrole nitrogens is 1. The molecule has 0 spiro atoms. The van der Waals surface area contributed by atoms with Gasteiger partial charge in [-0.05, 0) is 55.2 Å². The maximum atomic E-state index is 12.7. The Kier molecular flexibility index (Phi) is 3.95. The lowest BCUT2D eigenvalue weighted by atomic mass is 10.1. The minimum Gasteiger partial charge on any atom is -0.351 e. The third kappa shape index (κ3) is 3.00. The lowest BCUT2D eigenvalue weighted by molar-refractivity contribution is 0.0780. The minimum atomic E-state index is 0.0153. The molecule has 0 radical (unpaired) electrons. The van der Waals surface area contributed by atoms with Gasteiger partial charge in [-0.15, -0.1) is 0 Å². The summed E-state index contributed by atoms with van der Waals surface area (Å²) < 4.78 is 0. The van der Waals surface area contributed by atoms with Crippen LogP contribution in [0.15, 0.2) is 42.5 Å². The molecule has 0 unspecified atom stereocenters. The lowest BCUT2D eigenvalue weighted by Gasteiger charge is -2.17. The lowest BCUT2D eigenvalue weighted by Crippen LogP contribution is -2.26. The van der Waals surface area contributed by atoms with Crippen LogP contribution in [0.3, 0.4) is 0 Å². The number of hydrogen-bond acceptors (Lipinski definition) is 1. The molecule has 0 aliphatic carbocycles. The molecular formula is C20H22N2O. The van der Waals surface area contributed by atoms with E-state index in [1.807, 2.05) is 25.2 Å². The number of nitrogens with one attached hydrogen (secondary N) is 1. The van der Waals surface area contributed by atoms with Crippen LogP contribution in [0.25, 0.3) is 10.9 Å². The van der Waals surface area contributed by atoms with Crippen molar-refractivity contribution in [3.05, 3.63) is 70.4 Å². The first-order chi connectivity index (χ1) is 11.0. The van der Waals surface area contributed by atoms with Crippen LogP contribution in [0.1, 0.15) is 32.7 Å². The van der Waals surface area contributed by atoms with E-state index in [1.54, 1.807) is 4.90 Å². The Bertz CT molecular complexity index is 876. The number of amides is 1. The van der Waals surface area contributed by atoms with Gasteiger partial charge in [0.2, 0.25) is 0 Å². The fourth-order valence-corrected chi connectivity index (χ4v) is 3.03. The molecule has 3 rings (SSSR count). The van der Waals surface area contributed by atoms with Crippen molar-refractivity contribution in [2.45, 2.75) is 27.3 Å². The Labute approximate surface area is 136 Å². The van der Waals surface area contributed by atoms with Gasteiger partial charge < -0.3 is 9.88 Å². The average Bonchev–Trinajstić information content (AvgIpc) is 2.93. The smallest absolute Gasteiger partial charge is 0.270 e. The molecule has 0 aliphatic heterocycles. The van der Waals surface area contributed by atoms with Crippen LogP contribution >= 0.6 is 0 Å². The van der Waals surface area contributed by atoms with E-state index in [4.69, 9.17) is 0 Å². The van der Waals surface area contributed by atoms with Gasteiger partial charge in [-0.2, -0.15) is 0 Å². The topological polar surface area (TPSA) is 36.1 Å². The van der Waals surface area contributed by atoms with E-state index in [-0.39, 0.29) is 5.91 Å². The van der Waals surface area contributed by atoms with Crippen molar-refractivity contribution in [1.29, 1.82) is 0 Å². The largest absolute Gasteiger partial charge is 0.351 e. The number of aryl methyl sites for hydroxylation is 3. The second-order valence-corrected chi connectivity index (χ2v) is 6.31. The Morgan fingerprint density at radius 1 is 1.04 bits per heavy atom. The highest BCUT2D eigenvalue weighted by Crippen LogP contribution is 2.22. The number of nitrogens with zero attached hydrogens (tertiary/aromatic N) is 1. The monoisotopic (exact) mass is 306 g/mol. The second-order valence-electron chi connectivity index (χ2n) is 6.31. The normalized spacial score (nSPS) is 11.0. The summed E-state index contributed by atoms with van der Waals surface area (Å²) in [7, 11) is 1.85. The van der Waals surface area contributed by atoms with Gasteiger partial charge >= 0.3 is 0 Å². The molecule has 3 nitrogen and oxygen atoms in total. The van der Waals surface area contributed by atoms with Crippen LogP contribution in [-0.4, -0.2) is 22.8 Å². The summed E-state index contributed by atoms with van der Waals surface area (Å²) in [4.78, 5) is 17.7. The molecule has 23 heavy (non-hydrogen) atoms. The molecule has 1 heterocycles. The highest BCUT2D eigenvalue weighted by molar-refractivity contribution is 5.98. The van der Waals surface area contributed by atoms with Crippen LogP contribution in [-0.2, 0) is 6.54 Å². The summed E-state index contributed by atoms with van der Waals surface area (Å²) in [6.45, 7) is 6.83. The van der Waals surface area contributed by atoms with Crippen LogP contribution < -0.4 is 0 Å². The Morgan fingerprint density at radius 2 is 1.78 bits per heavy atom. The number of carbonyl (C=O) groups is 1. The predicted octanol–water partition coefficient (Wildman–Crippen LogP) is 4.37. The van der Waals surface area contributed by atoms with Crippen molar-refractivity contribution < 1.29 is 4.79 Å². The summed E-state index contributed by atoms with van der Waals surface area (Å²) in [5.41, 5.74) is 6.43. The van der Waals surface area contributed by atoms with E-state index >= 15 is 0 Å². The molecule has 0 bridgehead atoms. The predicted molar refractivity (Wildman–Crippen MR) is 94.7 cm³/mol. The first-order valence-corrected chi connectivity index (χ1v) is 7.85. The maximum Gasteiger partial charge on any atom is 0.270 e. The summed E-state index contributed by atoms with van der Waals surface area (Å²) in [5.74, 6) is 0.0153. The van der Waals surface area contributed by atoms with Crippen molar-refractivity contribution in [3.63, 3.8) is 0 Å². The number of aromatic amines is 1. The zero-order chi connectivity index (χ0) is 16.6. The minimum absolute atomic E-state index is 0.0153. The van der Waals surface area contributed by atoms with Gasteiger partial charge in [0, 0.05) is 24.5 Å². The van der Waals surface area contributed by atoms with Crippen LogP contribution in [0.5, 0.6) is 0 Å². The number of hydrogen-bond donors (Lipinski definition) is 1. The Balaban J connectivity index is 1.88. The van der Waals surface area contributed by atoms with Gasteiger partial charge in [0.25, 0.3) is 5.91 Å². The molecule has 0 saturated carbocycles. The molecule has 0 saturated heterocycles. The molecule has 3 aromatic rings. The Morgan fingerprint density at radius 3 is 2.52 bits per heavy atom. The van der Waals surface area contributed by atoms with Gasteiger partial charge in [-0.25, -0.2) is 0 Å². The standard InChI is InChI=1S/C20H22N2O/c1-13-9-15(3)17-11-19(21-18(17)10-13)20(23)22(4)12-16-8-6-5-7-14(16)2/h5-11,21H,12H2,1-4H3. The number of fused-ring (bicyclic) bond motifs is 1. The molecule has 0 atom stereocenters. The molecular weight excluding hydrogens is 284 g/mol. The van der Waals surface area contributed by atoms with E-state index in [1.165, 1.54) is 22.3 Å². The summed E-state index contributed by atoms with van der Waals surface area (Å²) >= 11 is 0. The molecule has 3 heteroatoms. The quantitative estimate of drug-likeness (QED) is 0.766. The van der Waals surface area contributed by atoms with Gasteiger partial charge in [-0.1, -0.05) is 30.3 Å². The molecule has 2 aromatic carbocycles. The third-order valence-corrected chi connectivity index (χ3v) is 4.34. The van der Waals surface area contributed by atoms with Crippen molar-refractivity contribution in [2.24, 2.45) is 0 Å². The van der Waals surface area contributed by atoms with Crippen LogP contribution in [0.2, 0.25) is 0 Å². The zero-order valence-corrected chi connectivity index (χ0v) is 14.1. The van der Waals surface area contributed by atoms with E-state index < -0.39 is 0 Å². The van der Waals surface area contributed by atoms with E-state index in [9.17, 15) is 4.79 Å². The van der Waals surface area contributed by atoms with E-state index in [0.29, 0.717) is 12.2 Å². The average molecular weight is 306 g/mol. The molecule has 1 N–H and O–H groups in total. The third-order valence-electron chi connectivity index (χ3n) is 4.34. The first kappa shape index (κ1) is 15.3. The molecule has 1 amide bonds. The molecule has 0 fully saturated rings. The van der Waals surface area contributed by atoms with Crippen LogP contribution in [0, 0.1) is 20.8 Å². The van der Waals surface area contributed by atoms with Crippen molar-refractivity contribution in [2.75, 3.05) is 7.05 Å². The van der Waals surface area contributed by atoms with E-state index in [0.717, 1.165) is 10.9 Å². The summed E-state index contributed by atoms with van der Waals surface area (Å²) in [5, 5.41) is 1.11. The van der Waals surface area contributed by atoms with Gasteiger partial charge in [0.15, 0.2) is 0 Å². The second kappa shape index (κ2) is 5.92. The SMILES string of the molecule is Cc1cc(C)c2cc(C(=O)N(C)Cc3ccccc3C)[nH]c2c1. The highest BCUT2D eigenvalue weighted by atomic mass is 16.2. The van der Waals surface area contributed by atoms with Crippen LogP contribution in [0.4, 0.5) is 0 Å². The maximum absolute atomic E-state index is 12.7. The number of aromatic nitrogens is 1. The van der Waals surface area contributed by atoms with Gasteiger partial charge in [-0.3, -0.25) is 4.79 Å². The molecule has 1 aromatic heterocycles. The van der Waals surface area contributed by atoms with Gasteiger partial charge in [0.1, 0.15) is 5.69 Å². The Hall–Kier alpha value is -2.55. The fourth-order valence-electron chi connectivity index (χ4n) is 3.03. The van der Waals surface area contributed by atoms with Crippen molar-refractivity contribution >= 4 is 16.8 Å². The van der Waals surface area contributed by atoms with Crippen molar-refractivity contribution in [3.8, 4) is 0 Å². The number of rotatable bonds is 3. The summed E-state index contributed by atoms with van der Waals surface area (Å²) in [6, 6.07) is 14.3. The highest BCUT2D eigenvalue weighted by Gasteiger charge is 2.16. The first-order valence-electron chi connectivity index (χ1n) is 7.85. The van der Waals surface area contributed by atoms with Crippen molar-refractivity contribution in [1.82, 2.24) is 9.88 Å². The molecule has 118 valence electrons. The fraction of sp³-hybridized carbons (Fsp3) is 0.250.